The van der Waals surface area contributed by atoms with Crippen molar-refractivity contribution in [2.45, 2.75) is 38.7 Å². The van der Waals surface area contributed by atoms with E-state index in [0.29, 0.717) is 10.7 Å². The summed E-state index contributed by atoms with van der Waals surface area (Å²) in [5.41, 5.74) is 0. The molecule has 13 heavy (non-hydrogen) atoms. The first-order chi connectivity index (χ1) is 6.02. The standard InChI is InChI=1S/C10H20O2S/c1-8(2)10(3,4)13-7-9-11-5-6-12-9/h8-9H,5-7H2,1-4H3. The molecule has 2 nitrogen and oxygen atoms in total. The van der Waals surface area contributed by atoms with Crippen LogP contribution < -0.4 is 0 Å². The highest BCUT2D eigenvalue weighted by Crippen LogP contribution is 2.33. The van der Waals surface area contributed by atoms with Crippen molar-refractivity contribution in [3.8, 4) is 0 Å². The summed E-state index contributed by atoms with van der Waals surface area (Å²) in [6, 6.07) is 0. The van der Waals surface area contributed by atoms with Gasteiger partial charge in [0.25, 0.3) is 0 Å². The van der Waals surface area contributed by atoms with Crippen LogP contribution in [0.25, 0.3) is 0 Å². The Morgan fingerprint density at radius 3 is 2.31 bits per heavy atom. The molecule has 1 heterocycles. The van der Waals surface area contributed by atoms with Crippen molar-refractivity contribution in [3.63, 3.8) is 0 Å². The summed E-state index contributed by atoms with van der Waals surface area (Å²) >= 11 is 1.93. The number of thioether (sulfide) groups is 1. The molecule has 1 rings (SSSR count). The van der Waals surface area contributed by atoms with E-state index in [1.54, 1.807) is 0 Å². The Labute approximate surface area is 85.4 Å². The molecule has 0 aromatic rings. The van der Waals surface area contributed by atoms with E-state index in [1.165, 1.54) is 0 Å². The van der Waals surface area contributed by atoms with Gasteiger partial charge in [0.2, 0.25) is 0 Å². The SMILES string of the molecule is CC(C)C(C)(C)SCC1OCCO1. The van der Waals surface area contributed by atoms with E-state index in [1.807, 2.05) is 11.8 Å². The first-order valence-electron chi connectivity index (χ1n) is 4.89. The van der Waals surface area contributed by atoms with Gasteiger partial charge in [0.05, 0.1) is 13.2 Å². The Hall–Kier alpha value is 0.270. The third kappa shape index (κ3) is 3.49. The van der Waals surface area contributed by atoms with E-state index in [9.17, 15) is 0 Å². The summed E-state index contributed by atoms with van der Waals surface area (Å²) in [7, 11) is 0. The first-order valence-corrected chi connectivity index (χ1v) is 5.88. The minimum atomic E-state index is 0.0306. The minimum Gasteiger partial charge on any atom is -0.349 e. The van der Waals surface area contributed by atoms with Crippen LogP contribution in [0.5, 0.6) is 0 Å². The van der Waals surface area contributed by atoms with E-state index in [4.69, 9.17) is 9.47 Å². The predicted molar refractivity (Wildman–Crippen MR) is 57.1 cm³/mol. The predicted octanol–water partition coefficient (Wildman–Crippen LogP) is 2.53. The minimum absolute atomic E-state index is 0.0306. The molecule has 1 saturated heterocycles. The van der Waals surface area contributed by atoms with Crippen LogP contribution in [0.1, 0.15) is 27.7 Å². The van der Waals surface area contributed by atoms with Crippen LogP contribution in [-0.2, 0) is 9.47 Å². The lowest BCUT2D eigenvalue weighted by atomic mass is 10.00. The summed E-state index contributed by atoms with van der Waals surface area (Å²) in [6.07, 6.45) is 0.0306. The number of hydrogen-bond donors (Lipinski definition) is 0. The van der Waals surface area contributed by atoms with Gasteiger partial charge in [0, 0.05) is 10.5 Å². The van der Waals surface area contributed by atoms with Gasteiger partial charge in [-0.3, -0.25) is 0 Å². The van der Waals surface area contributed by atoms with E-state index < -0.39 is 0 Å². The van der Waals surface area contributed by atoms with Crippen LogP contribution in [0, 0.1) is 5.92 Å². The lowest BCUT2D eigenvalue weighted by molar-refractivity contribution is -0.0216. The van der Waals surface area contributed by atoms with Crippen molar-refractivity contribution in [3.05, 3.63) is 0 Å². The fourth-order valence-corrected chi connectivity index (χ4v) is 2.04. The van der Waals surface area contributed by atoms with Gasteiger partial charge in [0.1, 0.15) is 0 Å². The largest absolute Gasteiger partial charge is 0.349 e. The van der Waals surface area contributed by atoms with Crippen molar-refractivity contribution in [1.29, 1.82) is 0 Å². The summed E-state index contributed by atoms with van der Waals surface area (Å²) in [5, 5.41) is 0. The van der Waals surface area contributed by atoms with Gasteiger partial charge >= 0.3 is 0 Å². The van der Waals surface area contributed by atoms with E-state index >= 15 is 0 Å². The smallest absolute Gasteiger partial charge is 0.166 e. The second kappa shape index (κ2) is 4.67. The molecular weight excluding hydrogens is 184 g/mol. The van der Waals surface area contributed by atoms with E-state index in [2.05, 4.69) is 27.7 Å². The van der Waals surface area contributed by atoms with Gasteiger partial charge in [-0.25, -0.2) is 0 Å². The van der Waals surface area contributed by atoms with Gasteiger partial charge in [-0.1, -0.05) is 27.7 Å². The highest BCUT2D eigenvalue weighted by atomic mass is 32.2. The van der Waals surface area contributed by atoms with E-state index in [0.717, 1.165) is 19.0 Å². The lowest BCUT2D eigenvalue weighted by Gasteiger charge is -2.29. The van der Waals surface area contributed by atoms with Crippen LogP contribution in [0.15, 0.2) is 0 Å². The molecule has 1 aliphatic rings. The maximum Gasteiger partial charge on any atom is 0.166 e. The van der Waals surface area contributed by atoms with Crippen molar-refractivity contribution in [2.24, 2.45) is 5.92 Å². The normalized spacial score (nSPS) is 20.1. The maximum absolute atomic E-state index is 5.39. The Kier molecular flexibility index (Phi) is 4.07. The molecule has 0 aromatic carbocycles. The summed E-state index contributed by atoms with van der Waals surface area (Å²) in [5.74, 6) is 1.63. The summed E-state index contributed by atoms with van der Waals surface area (Å²) in [6.45, 7) is 10.6. The van der Waals surface area contributed by atoms with Gasteiger partial charge in [0.15, 0.2) is 6.29 Å². The van der Waals surface area contributed by atoms with Crippen molar-refractivity contribution in [2.75, 3.05) is 19.0 Å². The third-order valence-corrected chi connectivity index (χ3v) is 4.33. The topological polar surface area (TPSA) is 18.5 Å². The fourth-order valence-electron chi connectivity index (χ4n) is 0.953. The van der Waals surface area contributed by atoms with Crippen LogP contribution in [0.3, 0.4) is 0 Å². The van der Waals surface area contributed by atoms with Gasteiger partial charge in [-0.2, -0.15) is 11.8 Å². The second-order valence-corrected chi connectivity index (χ2v) is 5.91. The monoisotopic (exact) mass is 204 g/mol. The molecule has 0 saturated carbocycles. The Bertz CT molecular complexity index is 151. The van der Waals surface area contributed by atoms with Crippen molar-refractivity contribution in [1.82, 2.24) is 0 Å². The molecule has 0 aromatic heterocycles. The van der Waals surface area contributed by atoms with Crippen molar-refractivity contribution >= 4 is 11.8 Å². The molecule has 0 bridgehead atoms. The van der Waals surface area contributed by atoms with Gasteiger partial charge in [-0.15, -0.1) is 0 Å². The van der Waals surface area contributed by atoms with Gasteiger partial charge in [-0.05, 0) is 5.92 Å². The van der Waals surface area contributed by atoms with Crippen LogP contribution in [-0.4, -0.2) is 30.0 Å². The molecule has 0 N–H and O–H groups in total. The molecule has 0 amide bonds. The molecule has 1 fully saturated rings. The number of ether oxygens (including phenoxy) is 2. The third-order valence-electron chi connectivity index (χ3n) is 2.67. The zero-order valence-corrected chi connectivity index (χ0v) is 9.82. The van der Waals surface area contributed by atoms with Crippen molar-refractivity contribution < 1.29 is 9.47 Å². The maximum atomic E-state index is 5.39. The average Bonchev–Trinajstić information content (AvgIpc) is 2.52. The highest BCUT2D eigenvalue weighted by Gasteiger charge is 2.26. The second-order valence-electron chi connectivity index (χ2n) is 4.24. The quantitative estimate of drug-likeness (QED) is 0.701. The summed E-state index contributed by atoms with van der Waals surface area (Å²) < 4.78 is 11.1. The molecule has 0 radical (unpaired) electrons. The molecular formula is C10H20O2S. The lowest BCUT2D eigenvalue weighted by Crippen LogP contribution is -2.26. The molecule has 0 spiro atoms. The zero-order chi connectivity index (χ0) is 9.90. The Balaban J connectivity index is 2.24. The van der Waals surface area contributed by atoms with Crippen LogP contribution >= 0.6 is 11.8 Å². The van der Waals surface area contributed by atoms with Crippen LogP contribution in [0.2, 0.25) is 0 Å². The molecule has 3 heteroatoms. The fraction of sp³-hybridized carbons (Fsp3) is 1.00. The highest BCUT2D eigenvalue weighted by molar-refractivity contribution is 8.00. The molecule has 0 atom stereocenters. The van der Waals surface area contributed by atoms with E-state index in [-0.39, 0.29) is 6.29 Å². The molecule has 0 unspecified atom stereocenters. The Morgan fingerprint density at radius 1 is 1.31 bits per heavy atom. The first kappa shape index (κ1) is 11.3. The zero-order valence-electron chi connectivity index (χ0n) is 9.00. The molecule has 78 valence electrons. The Morgan fingerprint density at radius 2 is 1.85 bits per heavy atom. The average molecular weight is 204 g/mol. The number of rotatable bonds is 4. The van der Waals surface area contributed by atoms with Crippen LogP contribution in [0.4, 0.5) is 0 Å². The molecule has 0 aliphatic carbocycles. The summed E-state index contributed by atoms with van der Waals surface area (Å²) in [4.78, 5) is 0. The van der Waals surface area contributed by atoms with Gasteiger partial charge < -0.3 is 9.47 Å². The number of hydrogen-bond acceptors (Lipinski definition) is 3. The molecule has 1 aliphatic heterocycles.